The van der Waals surface area contributed by atoms with Crippen LogP contribution in [0.3, 0.4) is 0 Å². The van der Waals surface area contributed by atoms with Crippen LogP contribution >= 0.6 is 23.7 Å². The number of aromatic nitrogens is 2. The van der Waals surface area contributed by atoms with Gasteiger partial charge in [0.1, 0.15) is 5.51 Å². The summed E-state index contributed by atoms with van der Waals surface area (Å²) in [5.74, 6) is 0.126. The molecule has 1 aromatic heterocycles. The van der Waals surface area contributed by atoms with E-state index in [1.54, 1.807) is 5.51 Å². The van der Waals surface area contributed by atoms with Gasteiger partial charge in [-0.1, -0.05) is 11.3 Å². The van der Waals surface area contributed by atoms with Crippen LogP contribution in [-0.4, -0.2) is 29.2 Å². The van der Waals surface area contributed by atoms with Gasteiger partial charge in [0.25, 0.3) is 0 Å². The summed E-state index contributed by atoms with van der Waals surface area (Å²) in [6.45, 7) is 1.78. The number of rotatable bonds is 2. The summed E-state index contributed by atoms with van der Waals surface area (Å²) in [5.41, 5.74) is 1.61. The molecule has 7 heteroatoms. The van der Waals surface area contributed by atoms with E-state index in [4.69, 9.17) is 0 Å². The van der Waals surface area contributed by atoms with Gasteiger partial charge in [-0.15, -0.1) is 22.6 Å². The molecule has 1 saturated heterocycles. The van der Waals surface area contributed by atoms with Crippen molar-refractivity contribution in [1.29, 1.82) is 0 Å². The highest BCUT2D eigenvalue weighted by molar-refractivity contribution is 7.13. The summed E-state index contributed by atoms with van der Waals surface area (Å²) in [7, 11) is 0. The number of hydrogen-bond donors (Lipinski definition) is 2. The predicted molar refractivity (Wildman–Crippen MR) is 61.4 cm³/mol. The molecule has 5 nitrogen and oxygen atoms in total. The van der Waals surface area contributed by atoms with Gasteiger partial charge < -0.3 is 10.6 Å². The lowest BCUT2D eigenvalue weighted by molar-refractivity contribution is -0.120. The molecule has 2 rings (SSSR count). The van der Waals surface area contributed by atoms with E-state index in [1.807, 2.05) is 0 Å². The molecule has 2 N–H and O–H groups in total. The second-order valence-corrected chi connectivity index (χ2v) is 4.11. The van der Waals surface area contributed by atoms with Gasteiger partial charge in [0.05, 0.1) is 5.92 Å². The van der Waals surface area contributed by atoms with Crippen molar-refractivity contribution in [2.75, 3.05) is 18.4 Å². The van der Waals surface area contributed by atoms with Gasteiger partial charge in [-0.25, -0.2) is 0 Å². The topological polar surface area (TPSA) is 66.9 Å². The predicted octanol–water partition coefficient (Wildman–Crippen LogP) is 0.898. The number of piperidine rings is 1. The van der Waals surface area contributed by atoms with Crippen LogP contribution in [0.4, 0.5) is 5.13 Å². The quantitative estimate of drug-likeness (QED) is 0.816. The van der Waals surface area contributed by atoms with E-state index in [0.717, 1.165) is 25.9 Å². The zero-order chi connectivity index (χ0) is 9.80. The van der Waals surface area contributed by atoms with Crippen LogP contribution in [0.2, 0.25) is 0 Å². The number of carbonyl (C=O) groups is 1. The van der Waals surface area contributed by atoms with Crippen molar-refractivity contribution < 1.29 is 4.79 Å². The number of carbonyl (C=O) groups excluding carboxylic acids is 1. The first kappa shape index (κ1) is 12.4. The lowest BCUT2D eigenvalue weighted by Crippen LogP contribution is -2.37. The first-order chi connectivity index (χ1) is 6.86. The maximum Gasteiger partial charge on any atom is 0.230 e. The Morgan fingerprint density at radius 1 is 1.67 bits per heavy atom. The van der Waals surface area contributed by atoms with E-state index in [2.05, 4.69) is 20.8 Å². The van der Waals surface area contributed by atoms with Crippen molar-refractivity contribution in [2.24, 2.45) is 5.92 Å². The van der Waals surface area contributed by atoms with Gasteiger partial charge in [0.2, 0.25) is 11.0 Å². The van der Waals surface area contributed by atoms with Crippen molar-refractivity contribution in [3.8, 4) is 0 Å². The smallest absolute Gasteiger partial charge is 0.230 e. The molecule has 84 valence electrons. The first-order valence-electron chi connectivity index (χ1n) is 4.64. The fourth-order valence-corrected chi connectivity index (χ4v) is 1.96. The van der Waals surface area contributed by atoms with E-state index in [9.17, 15) is 4.79 Å². The van der Waals surface area contributed by atoms with Crippen molar-refractivity contribution in [1.82, 2.24) is 15.5 Å². The molecule has 1 aromatic rings. The molecule has 1 atom stereocenters. The Morgan fingerprint density at radius 3 is 3.13 bits per heavy atom. The second kappa shape index (κ2) is 5.99. The second-order valence-electron chi connectivity index (χ2n) is 3.28. The first-order valence-corrected chi connectivity index (χ1v) is 5.52. The number of hydrogen-bond acceptors (Lipinski definition) is 5. The van der Waals surface area contributed by atoms with E-state index in [1.165, 1.54) is 11.3 Å². The Hall–Kier alpha value is -0.720. The highest BCUT2D eigenvalue weighted by Gasteiger charge is 2.21. The van der Waals surface area contributed by atoms with E-state index in [-0.39, 0.29) is 24.2 Å². The molecule has 1 unspecified atom stereocenters. The maximum atomic E-state index is 11.7. The van der Waals surface area contributed by atoms with Crippen LogP contribution in [0, 0.1) is 5.92 Å². The fraction of sp³-hybridized carbons (Fsp3) is 0.625. The Bertz CT molecular complexity index is 300. The number of nitrogens with one attached hydrogen (secondary N) is 2. The van der Waals surface area contributed by atoms with E-state index >= 15 is 0 Å². The van der Waals surface area contributed by atoms with Gasteiger partial charge in [0, 0.05) is 6.54 Å². The molecule has 0 radical (unpaired) electrons. The van der Waals surface area contributed by atoms with Crippen LogP contribution in [0.1, 0.15) is 12.8 Å². The van der Waals surface area contributed by atoms with Crippen molar-refractivity contribution >= 4 is 34.8 Å². The summed E-state index contributed by atoms with van der Waals surface area (Å²) >= 11 is 1.34. The summed E-state index contributed by atoms with van der Waals surface area (Å²) < 4.78 is 0. The average Bonchev–Trinajstić information content (AvgIpc) is 2.72. The molecule has 0 bridgehead atoms. The van der Waals surface area contributed by atoms with E-state index < -0.39 is 0 Å². The minimum Gasteiger partial charge on any atom is -0.316 e. The van der Waals surface area contributed by atoms with Crippen molar-refractivity contribution in [2.45, 2.75) is 12.8 Å². The number of anilines is 1. The molecule has 15 heavy (non-hydrogen) atoms. The molecule has 0 spiro atoms. The number of halogens is 1. The van der Waals surface area contributed by atoms with Gasteiger partial charge >= 0.3 is 0 Å². The molecule has 1 aliphatic heterocycles. The summed E-state index contributed by atoms with van der Waals surface area (Å²) in [5, 5.41) is 14.0. The third kappa shape index (κ3) is 3.40. The molecule has 0 saturated carbocycles. The Labute approximate surface area is 98.1 Å². The van der Waals surface area contributed by atoms with Crippen LogP contribution in [-0.2, 0) is 4.79 Å². The third-order valence-electron chi connectivity index (χ3n) is 2.26. The normalized spacial score (nSPS) is 20.4. The van der Waals surface area contributed by atoms with Crippen molar-refractivity contribution in [3.05, 3.63) is 5.51 Å². The Morgan fingerprint density at radius 2 is 2.53 bits per heavy atom. The standard InChI is InChI=1S/C8H12N4OS.ClH/c13-7(6-2-1-3-9-4-6)11-8-12-10-5-14-8;/h5-6,9H,1-4H2,(H,11,12,13);1H. The molecule has 0 aliphatic carbocycles. The number of nitrogens with zero attached hydrogens (tertiary/aromatic N) is 2. The van der Waals surface area contributed by atoms with Crippen LogP contribution < -0.4 is 10.6 Å². The molecule has 0 aromatic carbocycles. The van der Waals surface area contributed by atoms with Crippen LogP contribution in [0.15, 0.2) is 5.51 Å². The molecular formula is C8H13ClN4OS. The van der Waals surface area contributed by atoms with Gasteiger partial charge in [0.15, 0.2) is 0 Å². The third-order valence-corrected chi connectivity index (χ3v) is 2.86. The lowest BCUT2D eigenvalue weighted by Gasteiger charge is -2.20. The summed E-state index contributed by atoms with van der Waals surface area (Å²) in [6, 6.07) is 0. The lowest BCUT2D eigenvalue weighted by atomic mass is 9.99. The highest BCUT2D eigenvalue weighted by Crippen LogP contribution is 2.14. The highest BCUT2D eigenvalue weighted by atomic mass is 35.5. The SMILES string of the molecule is Cl.O=C(Nc1nncs1)C1CCCNC1. The largest absolute Gasteiger partial charge is 0.316 e. The molecule has 1 aliphatic rings. The minimum absolute atomic E-state index is 0. The van der Waals surface area contributed by atoms with Crippen molar-refractivity contribution in [3.63, 3.8) is 0 Å². The minimum atomic E-state index is 0. The monoisotopic (exact) mass is 248 g/mol. The molecule has 2 heterocycles. The van der Waals surface area contributed by atoms with E-state index in [0.29, 0.717) is 5.13 Å². The Balaban J connectivity index is 0.00000112. The zero-order valence-corrected chi connectivity index (χ0v) is 9.74. The molecule has 1 fully saturated rings. The fourth-order valence-electron chi connectivity index (χ4n) is 1.51. The maximum absolute atomic E-state index is 11.7. The number of amides is 1. The Kier molecular flexibility index (Phi) is 4.93. The van der Waals surface area contributed by atoms with Gasteiger partial charge in [-0.05, 0) is 19.4 Å². The molecular weight excluding hydrogens is 236 g/mol. The summed E-state index contributed by atoms with van der Waals surface area (Å²) in [4.78, 5) is 11.7. The van der Waals surface area contributed by atoms with Crippen LogP contribution in [0.5, 0.6) is 0 Å². The van der Waals surface area contributed by atoms with Gasteiger partial charge in [-0.2, -0.15) is 0 Å². The molecule has 1 amide bonds. The van der Waals surface area contributed by atoms with Gasteiger partial charge in [-0.3, -0.25) is 4.79 Å². The average molecular weight is 249 g/mol. The zero-order valence-electron chi connectivity index (χ0n) is 8.10. The summed E-state index contributed by atoms with van der Waals surface area (Å²) in [6.07, 6.45) is 2.02. The van der Waals surface area contributed by atoms with Crippen LogP contribution in [0.25, 0.3) is 0 Å².